The van der Waals surface area contributed by atoms with Gasteiger partial charge in [0.2, 0.25) is 0 Å². The van der Waals surface area contributed by atoms with E-state index in [2.05, 4.69) is 0 Å². The molecule has 116 valence electrons. The van der Waals surface area contributed by atoms with Crippen molar-refractivity contribution in [3.8, 4) is 5.75 Å². The fraction of sp³-hybridized carbons (Fsp3) is 0.133. The van der Waals surface area contributed by atoms with E-state index in [9.17, 15) is 17.6 Å². The first-order valence-corrected chi connectivity index (χ1v) is 8.00. The van der Waals surface area contributed by atoms with E-state index in [1.165, 1.54) is 25.1 Å². The van der Waals surface area contributed by atoms with Gasteiger partial charge < -0.3 is 4.18 Å². The molecule has 22 heavy (non-hydrogen) atoms. The Morgan fingerprint density at radius 2 is 1.86 bits per heavy atom. The lowest BCUT2D eigenvalue weighted by Gasteiger charge is -2.11. The van der Waals surface area contributed by atoms with Gasteiger partial charge in [0.25, 0.3) is 0 Å². The summed E-state index contributed by atoms with van der Waals surface area (Å²) in [6.07, 6.45) is 0. The molecule has 4 nitrogen and oxygen atoms in total. The van der Waals surface area contributed by atoms with Crippen molar-refractivity contribution in [2.75, 3.05) is 0 Å². The third kappa shape index (κ3) is 3.45. The van der Waals surface area contributed by atoms with E-state index in [-0.39, 0.29) is 22.1 Å². The van der Waals surface area contributed by atoms with Crippen LogP contribution in [0, 0.1) is 12.7 Å². The van der Waals surface area contributed by atoms with E-state index in [1.54, 1.807) is 13.0 Å². The molecule has 0 spiro atoms. The van der Waals surface area contributed by atoms with Crippen LogP contribution in [-0.4, -0.2) is 14.2 Å². The number of carbonyl (C=O) groups excluding carboxylic acids is 1. The molecule has 0 saturated carbocycles. The first kappa shape index (κ1) is 16.5. The van der Waals surface area contributed by atoms with Gasteiger partial charge in [-0.3, -0.25) is 4.79 Å². The van der Waals surface area contributed by atoms with Gasteiger partial charge in [0.05, 0.1) is 5.56 Å². The maximum Gasteiger partial charge on any atom is 0.342 e. The van der Waals surface area contributed by atoms with Gasteiger partial charge in [-0.25, -0.2) is 4.39 Å². The van der Waals surface area contributed by atoms with Crippen molar-refractivity contribution in [2.45, 2.75) is 18.7 Å². The first-order chi connectivity index (χ1) is 10.2. The maximum absolute atomic E-state index is 13.8. The molecule has 7 heteroatoms. The summed E-state index contributed by atoms with van der Waals surface area (Å²) in [6, 6.07) is 7.58. The van der Waals surface area contributed by atoms with Crippen LogP contribution >= 0.6 is 11.6 Å². The van der Waals surface area contributed by atoms with E-state index in [0.29, 0.717) is 0 Å². The minimum atomic E-state index is -4.42. The van der Waals surface area contributed by atoms with Crippen LogP contribution < -0.4 is 4.18 Å². The highest BCUT2D eigenvalue weighted by atomic mass is 35.5. The first-order valence-electron chi connectivity index (χ1n) is 6.22. The number of hydrogen-bond acceptors (Lipinski definition) is 4. The normalized spacial score (nSPS) is 11.3. The lowest BCUT2D eigenvalue weighted by Crippen LogP contribution is -2.13. The van der Waals surface area contributed by atoms with Gasteiger partial charge in [-0.1, -0.05) is 23.2 Å². The zero-order valence-electron chi connectivity index (χ0n) is 11.8. The standard InChI is InChI=1S/C15H12ClFO4S/c1-9-3-5-14(12(7-9)10(2)18)21-22(19,20)15-6-4-11(16)8-13(15)17/h3-8H,1-2H3. The maximum atomic E-state index is 13.8. The summed E-state index contributed by atoms with van der Waals surface area (Å²) < 4.78 is 43.0. The lowest BCUT2D eigenvalue weighted by atomic mass is 10.1. The quantitative estimate of drug-likeness (QED) is 0.627. The largest absolute Gasteiger partial charge is 0.378 e. The summed E-state index contributed by atoms with van der Waals surface area (Å²) >= 11 is 5.59. The van der Waals surface area contributed by atoms with E-state index < -0.39 is 20.8 Å². The molecule has 0 unspecified atom stereocenters. The molecule has 2 aromatic rings. The molecular weight excluding hydrogens is 331 g/mol. The number of carbonyl (C=O) groups is 1. The van der Waals surface area contributed by atoms with Crippen LogP contribution in [0.1, 0.15) is 22.8 Å². The average Bonchev–Trinajstić information content (AvgIpc) is 2.39. The molecule has 2 aromatic carbocycles. The van der Waals surface area contributed by atoms with Gasteiger partial charge in [0.15, 0.2) is 11.5 Å². The molecule has 0 aliphatic carbocycles. The number of Topliss-reactive ketones (excluding diaryl/α,β-unsaturated/α-hetero) is 1. The summed E-state index contributed by atoms with van der Waals surface area (Å²) in [7, 11) is -4.42. The van der Waals surface area contributed by atoms with Crippen molar-refractivity contribution in [3.05, 3.63) is 58.4 Å². The fourth-order valence-corrected chi connectivity index (χ4v) is 3.00. The summed E-state index contributed by atoms with van der Waals surface area (Å²) in [5, 5.41) is 0.0659. The second-order valence-corrected chi connectivity index (χ2v) is 6.62. The van der Waals surface area contributed by atoms with Crippen LogP contribution in [0.15, 0.2) is 41.3 Å². The van der Waals surface area contributed by atoms with Crippen molar-refractivity contribution < 1.29 is 21.8 Å². The molecule has 0 atom stereocenters. The van der Waals surface area contributed by atoms with Crippen LogP contribution in [0.25, 0.3) is 0 Å². The Kier molecular flexibility index (Phi) is 4.53. The van der Waals surface area contributed by atoms with Crippen LogP contribution in [0.5, 0.6) is 5.75 Å². The zero-order chi connectivity index (χ0) is 16.5. The van der Waals surface area contributed by atoms with Gasteiger partial charge in [0.1, 0.15) is 10.7 Å². The molecule has 0 amide bonds. The summed E-state index contributed by atoms with van der Waals surface area (Å²) in [5.41, 5.74) is 0.880. The monoisotopic (exact) mass is 342 g/mol. The molecule has 0 fully saturated rings. The second-order valence-electron chi connectivity index (χ2n) is 4.67. The van der Waals surface area contributed by atoms with Gasteiger partial charge >= 0.3 is 10.1 Å². The molecule has 0 heterocycles. The van der Waals surface area contributed by atoms with Gasteiger partial charge in [-0.2, -0.15) is 8.42 Å². The highest BCUT2D eigenvalue weighted by Gasteiger charge is 2.23. The van der Waals surface area contributed by atoms with Gasteiger partial charge in [0, 0.05) is 5.02 Å². The molecular formula is C15H12ClFO4S. The molecule has 0 bridgehead atoms. The number of halogens is 2. The SMILES string of the molecule is CC(=O)c1cc(C)ccc1OS(=O)(=O)c1ccc(Cl)cc1F. The van der Waals surface area contributed by atoms with Gasteiger partial charge in [-0.05, 0) is 44.2 Å². The van der Waals surface area contributed by atoms with E-state index >= 15 is 0 Å². The second kappa shape index (κ2) is 6.06. The summed E-state index contributed by atoms with van der Waals surface area (Å²) in [5.74, 6) is -1.53. The van der Waals surface area contributed by atoms with Crippen molar-refractivity contribution in [3.63, 3.8) is 0 Å². The van der Waals surface area contributed by atoms with Crippen molar-refractivity contribution in [2.24, 2.45) is 0 Å². The smallest absolute Gasteiger partial charge is 0.342 e. The minimum Gasteiger partial charge on any atom is -0.378 e. The van der Waals surface area contributed by atoms with E-state index in [1.807, 2.05) is 0 Å². The predicted molar refractivity (Wildman–Crippen MR) is 80.4 cm³/mol. The Balaban J connectivity index is 2.47. The molecule has 0 aliphatic rings. The van der Waals surface area contributed by atoms with E-state index in [0.717, 1.165) is 17.7 Å². The molecule has 0 aliphatic heterocycles. The topological polar surface area (TPSA) is 60.4 Å². The van der Waals surface area contributed by atoms with Crippen molar-refractivity contribution in [1.29, 1.82) is 0 Å². The van der Waals surface area contributed by atoms with Crippen LogP contribution in [0.4, 0.5) is 4.39 Å². The number of hydrogen-bond donors (Lipinski definition) is 0. The Hall–Kier alpha value is -1.92. The number of rotatable bonds is 4. The molecule has 0 radical (unpaired) electrons. The van der Waals surface area contributed by atoms with Crippen LogP contribution in [0.2, 0.25) is 5.02 Å². The van der Waals surface area contributed by atoms with Crippen LogP contribution in [0.3, 0.4) is 0 Å². The zero-order valence-corrected chi connectivity index (χ0v) is 13.3. The molecule has 0 N–H and O–H groups in total. The predicted octanol–water partition coefficient (Wildman–Crippen LogP) is 3.76. The minimum absolute atomic E-state index is 0.0659. The number of benzene rings is 2. The number of aryl methyl sites for hydroxylation is 1. The highest BCUT2D eigenvalue weighted by molar-refractivity contribution is 7.87. The Morgan fingerprint density at radius 3 is 2.45 bits per heavy atom. The molecule has 0 aromatic heterocycles. The summed E-state index contributed by atoms with van der Waals surface area (Å²) in [4.78, 5) is 10.9. The lowest BCUT2D eigenvalue weighted by molar-refractivity contribution is 0.101. The highest BCUT2D eigenvalue weighted by Crippen LogP contribution is 2.26. The Morgan fingerprint density at radius 1 is 1.18 bits per heavy atom. The number of ketones is 1. The molecule has 0 saturated heterocycles. The van der Waals surface area contributed by atoms with Gasteiger partial charge in [-0.15, -0.1) is 0 Å². The molecule has 2 rings (SSSR count). The van der Waals surface area contributed by atoms with Crippen LogP contribution in [-0.2, 0) is 10.1 Å². The Bertz CT molecular complexity index is 847. The fourth-order valence-electron chi connectivity index (χ4n) is 1.83. The summed E-state index contributed by atoms with van der Waals surface area (Å²) in [6.45, 7) is 3.04. The third-order valence-electron chi connectivity index (χ3n) is 2.88. The third-order valence-corrected chi connectivity index (χ3v) is 4.38. The Labute approximate surface area is 132 Å². The van der Waals surface area contributed by atoms with Crippen molar-refractivity contribution in [1.82, 2.24) is 0 Å². The van der Waals surface area contributed by atoms with Crippen molar-refractivity contribution >= 4 is 27.5 Å². The average molecular weight is 343 g/mol. The van der Waals surface area contributed by atoms with E-state index in [4.69, 9.17) is 15.8 Å².